The van der Waals surface area contributed by atoms with E-state index in [2.05, 4.69) is 9.97 Å². The van der Waals surface area contributed by atoms with Crippen molar-refractivity contribution >= 4 is 23.0 Å². The first-order chi connectivity index (χ1) is 6.59. The first-order valence-corrected chi connectivity index (χ1v) is 3.91. The van der Waals surface area contributed by atoms with E-state index in [1.807, 2.05) is 0 Å². The van der Waals surface area contributed by atoms with Gasteiger partial charge in [0.2, 0.25) is 5.95 Å². The summed E-state index contributed by atoms with van der Waals surface area (Å²) in [5.41, 5.74) is 6.80. The number of aromatic carboxylic acids is 1. The second-order valence-electron chi connectivity index (χ2n) is 2.89. The molecule has 0 aliphatic carbocycles. The Balaban J connectivity index is 2.76. The number of anilines is 1. The normalized spacial score (nSPS) is 10.6. The largest absolute Gasteiger partial charge is 0.477 e. The molecule has 6 nitrogen and oxygen atoms in total. The van der Waals surface area contributed by atoms with Crippen LogP contribution in [0.25, 0.3) is 11.0 Å². The molecule has 2 aromatic heterocycles. The summed E-state index contributed by atoms with van der Waals surface area (Å²) in [4.78, 5) is 18.4. The summed E-state index contributed by atoms with van der Waals surface area (Å²) < 4.78 is 1.61. The molecule has 72 valence electrons. The first kappa shape index (κ1) is 8.49. The van der Waals surface area contributed by atoms with Crippen molar-refractivity contribution in [1.82, 2.24) is 14.5 Å². The lowest BCUT2D eigenvalue weighted by atomic mass is 10.3. The molecule has 0 aromatic carbocycles. The molecule has 14 heavy (non-hydrogen) atoms. The number of nitrogens with two attached hydrogens (primary N) is 1. The number of aromatic nitrogens is 3. The monoisotopic (exact) mass is 192 g/mol. The zero-order chi connectivity index (χ0) is 10.3. The predicted octanol–water partition coefficient (Wildman–Crippen LogP) is 0.249. The van der Waals surface area contributed by atoms with Crippen LogP contribution in [0.2, 0.25) is 0 Å². The molecule has 3 N–H and O–H groups in total. The highest BCUT2D eigenvalue weighted by Crippen LogP contribution is 2.15. The quantitative estimate of drug-likeness (QED) is 0.675. The van der Waals surface area contributed by atoms with Crippen LogP contribution in [0.15, 0.2) is 12.3 Å². The average Bonchev–Trinajstić information content (AvgIpc) is 2.43. The van der Waals surface area contributed by atoms with Gasteiger partial charge in [-0.2, -0.15) is 0 Å². The molecule has 0 radical (unpaired) electrons. The number of imidazole rings is 1. The van der Waals surface area contributed by atoms with Crippen LogP contribution < -0.4 is 5.73 Å². The standard InChI is InChI=1S/C8H8N4O2/c1-12-6-2-4(7(13)14)10-3-5(6)11-8(12)9/h2-3H,1H3,(H2,9,11)(H,13,14). The topological polar surface area (TPSA) is 94.0 Å². The minimum atomic E-state index is -1.06. The molecule has 0 amide bonds. The molecule has 2 aromatic rings. The van der Waals surface area contributed by atoms with Gasteiger partial charge in [0, 0.05) is 7.05 Å². The number of carboxylic acid groups (broad SMARTS) is 1. The number of carbonyl (C=O) groups is 1. The van der Waals surface area contributed by atoms with Gasteiger partial charge in [-0.15, -0.1) is 0 Å². The van der Waals surface area contributed by atoms with Gasteiger partial charge in [-0.3, -0.25) is 0 Å². The number of nitrogen functional groups attached to an aromatic ring is 1. The van der Waals surface area contributed by atoms with E-state index in [-0.39, 0.29) is 5.69 Å². The molecule has 0 saturated heterocycles. The number of hydrogen-bond acceptors (Lipinski definition) is 4. The van der Waals surface area contributed by atoms with Gasteiger partial charge in [-0.1, -0.05) is 0 Å². The Morgan fingerprint density at radius 3 is 3.00 bits per heavy atom. The zero-order valence-corrected chi connectivity index (χ0v) is 7.43. The van der Waals surface area contributed by atoms with Crippen LogP contribution in [0, 0.1) is 0 Å². The molecule has 0 saturated carbocycles. The molecular formula is C8H8N4O2. The lowest BCUT2D eigenvalue weighted by Crippen LogP contribution is -2.00. The Morgan fingerprint density at radius 2 is 2.36 bits per heavy atom. The summed E-state index contributed by atoms with van der Waals surface area (Å²) in [5.74, 6) is -0.726. The summed E-state index contributed by atoms with van der Waals surface area (Å²) >= 11 is 0. The molecule has 2 heterocycles. The van der Waals surface area contributed by atoms with E-state index in [1.165, 1.54) is 12.3 Å². The van der Waals surface area contributed by atoms with Crippen molar-refractivity contribution in [2.45, 2.75) is 0 Å². The number of pyridine rings is 1. The molecule has 6 heteroatoms. The van der Waals surface area contributed by atoms with Crippen LogP contribution in [0.5, 0.6) is 0 Å². The van der Waals surface area contributed by atoms with Gasteiger partial charge in [0.15, 0.2) is 0 Å². The highest BCUT2D eigenvalue weighted by molar-refractivity contribution is 5.90. The van der Waals surface area contributed by atoms with E-state index in [0.717, 1.165) is 0 Å². The Labute approximate surface area is 79.0 Å². The third kappa shape index (κ3) is 1.08. The third-order valence-corrected chi connectivity index (χ3v) is 2.02. The number of fused-ring (bicyclic) bond motifs is 1. The smallest absolute Gasteiger partial charge is 0.354 e. The van der Waals surface area contributed by atoms with Gasteiger partial charge >= 0.3 is 5.97 Å². The van der Waals surface area contributed by atoms with Crippen LogP contribution >= 0.6 is 0 Å². The lowest BCUT2D eigenvalue weighted by molar-refractivity contribution is 0.0690. The summed E-state index contributed by atoms with van der Waals surface area (Å²) in [6.45, 7) is 0. The van der Waals surface area contributed by atoms with Gasteiger partial charge in [0.1, 0.15) is 11.2 Å². The molecule has 0 atom stereocenters. The summed E-state index contributed by atoms with van der Waals surface area (Å²) in [7, 11) is 1.72. The van der Waals surface area contributed by atoms with Crippen LogP contribution in [-0.4, -0.2) is 25.6 Å². The van der Waals surface area contributed by atoms with Gasteiger partial charge in [0.05, 0.1) is 11.7 Å². The molecule has 0 aliphatic rings. The van der Waals surface area contributed by atoms with Crippen molar-refractivity contribution in [1.29, 1.82) is 0 Å². The van der Waals surface area contributed by atoms with Crippen molar-refractivity contribution in [2.24, 2.45) is 7.05 Å². The number of rotatable bonds is 1. The number of carboxylic acids is 1. The van der Waals surface area contributed by atoms with E-state index in [4.69, 9.17) is 10.8 Å². The SMILES string of the molecule is Cn1c(N)nc2cnc(C(=O)O)cc21. The van der Waals surface area contributed by atoms with Gasteiger partial charge in [-0.05, 0) is 6.07 Å². The van der Waals surface area contributed by atoms with Gasteiger partial charge in [-0.25, -0.2) is 14.8 Å². The van der Waals surface area contributed by atoms with E-state index in [1.54, 1.807) is 11.6 Å². The fraction of sp³-hybridized carbons (Fsp3) is 0.125. The molecule has 0 spiro atoms. The zero-order valence-electron chi connectivity index (χ0n) is 7.43. The highest BCUT2D eigenvalue weighted by atomic mass is 16.4. The maximum absolute atomic E-state index is 10.6. The minimum absolute atomic E-state index is 0.0134. The van der Waals surface area contributed by atoms with E-state index in [0.29, 0.717) is 17.0 Å². The first-order valence-electron chi connectivity index (χ1n) is 3.91. The maximum Gasteiger partial charge on any atom is 0.354 e. The molecule has 0 bridgehead atoms. The van der Waals surface area contributed by atoms with Gasteiger partial charge in [0.25, 0.3) is 0 Å². The second kappa shape index (κ2) is 2.69. The fourth-order valence-corrected chi connectivity index (χ4v) is 1.23. The summed E-state index contributed by atoms with van der Waals surface area (Å²) in [6, 6.07) is 1.45. The van der Waals surface area contributed by atoms with Crippen LogP contribution in [0.4, 0.5) is 5.95 Å². The molecule has 0 fully saturated rings. The summed E-state index contributed by atoms with van der Waals surface area (Å²) in [5, 5.41) is 8.72. The molecule has 0 unspecified atom stereocenters. The number of hydrogen-bond donors (Lipinski definition) is 2. The predicted molar refractivity (Wildman–Crippen MR) is 49.9 cm³/mol. The van der Waals surface area contributed by atoms with Crippen LogP contribution in [-0.2, 0) is 7.05 Å². The van der Waals surface area contributed by atoms with Crippen LogP contribution in [0.1, 0.15) is 10.5 Å². The average molecular weight is 192 g/mol. The Kier molecular flexibility index (Phi) is 1.63. The second-order valence-corrected chi connectivity index (χ2v) is 2.89. The Hall–Kier alpha value is -2.11. The Morgan fingerprint density at radius 1 is 1.64 bits per heavy atom. The molecule has 0 aliphatic heterocycles. The van der Waals surface area contributed by atoms with Crippen molar-refractivity contribution < 1.29 is 9.90 Å². The third-order valence-electron chi connectivity index (χ3n) is 2.02. The minimum Gasteiger partial charge on any atom is -0.477 e. The van der Waals surface area contributed by atoms with Crippen LogP contribution in [0.3, 0.4) is 0 Å². The molecule has 2 rings (SSSR count). The summed E-state index contributed by atoms with van der Waals surface area (Å²) in [6.07, 6.45) is 1.40. The van der Waals surface area contributed by atoms with E-state index < -0.39 is 5.97 Å². The fourth-order valence-electron chi connectivity index (χ4n) is 1.23. The number of nitrogens with zero attached hydrogens (tertiary/aromatic N) is 3. The van der Waals surface area contributed by atoms with E-state index >= 15 is 0 Å². The highest BCUT2D eigenvalue weighted by Gasteiger charge is 2.09. The van der Waals surface area contributed by atoms with Gasteiger partial charge < -0.3 is 15.4 Å². The van der Waals surface area contributed by atoms with Crippen molar-refractivity contribution in [3.05, 3.63) is 18.0 Å². The maximum atomic E-state index is 10.6. The molecular weight excluding hydrogens is 184 g/mol. The van der Waals surface area contributed by atoms with Crippen molar-refractivity contribution in [2.75, 3.05) is 5.73 Å². The number of aryl methyl sites for hydroxylation is 1. The van der Waals surface area contributed by atoms with Crippen molar-refractivity contribution in [3.63, 3.8) is 0 Å². The van der Waals surface area contributed by atoms with Crippen molar-refractivity contribution in [3.8, 4) is 0 Å². The lowest BCUT2D eigenvalue weighted by Gasteiger charge is -1.96. The Bertz CT molecular complexity index is 517. The van der Waals surface area contributed by atoms with E-state index in [9.17, 15) is 4.79 Å².